The highest BCUT2D eigenvalue weighted by Gasteiger charge is 2.24. The maximum Gasteiger partial charge on any atom is 0.251 e. The molecule has 35 heavy (non-hydrogen) atoms. The maximum absolute atomic E-state index is 13.2. The summed E-state index contributed by atoms with van der Waals surface area (Å²) >= 11 is 0. The van der Waals surface area contributed by atoms with Crippen LogP contribution in [-0.2, 0) is 27.7 Å². The van der Waals surface area contributed by atoms with E-state index in [0.29, 0.717) is 5.69 Å². The van der Waals surface area contributed by atoms with Crippen LogP contribution in [0.2, 0.25) is 0 Å². The van der Waals surface area contributed by atoms with Crippen LogP contribution in [0.25, 0.3) is 0 Å². The van der Waals surface area contributed by atoms with Crippen molar-refractivity contribution in [3.05, 3.63) is 95.6 Å². The number of halogens is 1. The van der Waals surface area contributed by atoms with E-state index < -0.39 is 33.3 Å². The van der Waals surface area contributed by atoms with Gasteiger partial charge in [-0.15, -0.1) is 0 Å². The highest BCUT2D eigenvalue weighted by atomic mass is 32.2. The Hall–Kier alpha value is -3.43. The van der Waals surface area contributed by atoms with Gasteiger partial charge in [0, 0.05) is 23.0 Å². The number of aromatic nitrogens is 1. The lowest BCUT2D eigenvalue weighted by Gasteiger charge is -2.20. The van der Waals surface area contributed by atoms with Gasteiger partial charge < -0.3 is 5.32 Å². The lowest BCUT2D eigenvalue weighted by atomic mass is 9.99. The van der Waals surface area contributed by atoms with Gasteiger partial charge in [-0.05, 0) is 69.2 Å². The summed E-state index contributed by atoms with van der Waals surface area (Å²) in [4.78, 5) is 30.0. The van der Waals surface area contributed by atoms with E-state index in [1.165, 1.54) is 42.6 Å². The van der Waals surface area contributed by atoms with E-state index in [1.54, 1.807) is 20.8 Å². The zero-order valence-corrected chi connectivity index (χ0v) is 20.6. The molecule has 0 radical (unpaired) electrons. The molecule has 3 aromatic rings. The van der Waals surface area contributed by atoms with Crippen LogP contribution >= 0.6 is 0 Å². The summed E-state index contributed by atoms with van der Waals surface area (Å²) in [6, 6.07) is 16.3. The van der Waals surface area contributed by atoms with E-state index in [2.05, 4.69) is 15.0 Å². The average molecular weight is 498 g/mol. The second-order valence-electron chi connectivity index (χ2n) is 9.21. The highest BCUT2D eigenvalue weighted by Crippen LogP contribution is 2.14. The fourth-order valence-corrected chi connectivity index (χ4v) is 4.74. The van der Waals surface area contributed by atoms with Gasteiger partial charge in [0.2, 0.25) is 10.0 Å². The Morgan fingerprint density at radius 3 is 2.20 bits per heavy atom. The van der Waals surface area contributed by atoms with Crippen LogP contribution in [0.3, 0.4) is 0 Å². The fraction of sp³-hybridized carbons (Fsp3) is 0.269. The van der Waals surface area contributed by atoms with Gasteiger partial charge in [0.25, 0.3) is 5.91 Å². The first-order chi connectivity index (χ1) is 16.4. The van der Waals surface area contributed by atoms with Crippen molar-refractivity contribution in [1.82, 2.24) is 15.0 Å². The third kappa shape index (κ3) is 7.80. The van der Waals surface area contributed by atoms with Crippen LogP contribution in [0, 0.1) is 5.82 Å². The standard InChI is InChI=1S/C26H28FN3O4S/c1-26(2,3)30-35(33,34)22-14-13-21(28-17-22)16-24(31)23(15-18-7-5-4-6-8-18)29-25(32)19-9-11-20(27)12-10-19/h4-14,17,23,30H,15-16H2,1-3H3,(H,29,32)/t23-/m0/s1. The van der Waals surface area contributed by atoms with E-state index in [0.717, 1.165) is 5.56 Å². The number of carbonyl (C=O) groups excluding carboxylic acids is 2. The maximum atomic E-state index is 13.2. The molecule has 0 aliphatic heterocycles. The van der Waals surface area contributed by atoms with E-state index in [1.807, 2.05) is 30.3 Å². The first kappa shape index (κ1) is 26.2. The quantitative estimate of drug-likeness (QED) is 0.471. The molecule has 2 N–H and O–H groups in total. The Labute approximate surface area is 204 Å². The molecule has 9 heteroatoms. The number of nitrogens with one attached hydrogen (secondary N) is 2. The SMILES string of the molecule is CC(C)(C)NS(=O)(=O)c1ccc(CC(=O)[C@H](Cc2ccccc2)NC(=O)c2ccc(F)cc2)nc1. The Morgan fingerprint density at radius 1 is 0.971 bits per heavy atom. The summed E-state index contributed by atoms with van der Waals surface area (Å²) < 4.78 is 40.7. The van der Waals surface area contributed by atoms with Crippen molar-refractivity contribution in [3.63, 3.8) is 0 Å². The van der Waals surface area contributed by atoms with Gasteiger partial charge in [-0.2, -0.15) is 0 Å². The largest absolute Gasteiger partial charge is 0.342 e. The Morgan fingerprint density at radius 2 is 1.63 bits per heavy atom. The molecule has 1 aromatic heterocycles. The van der Waals surface area contributed by atoms with Gasteiger partial charge in [0.15, 0.2) is 5.78 Å². The molecule has 0 fully saturated rings. The third-order valence-electron chi connectivity index (χ3n) is 4.99. The topological polar surface area (TPSA) is 105 Å². The van der Waals surface area contributed by atoms with Crippen LogP contribution in [0.4, 0.5) is 4.39 Å². The third-order valence-corrected chi connectivity index (χ3v) is 6.73. The predicted octanol–water partition coefficient (Wildman–Crippen LogP) is 3.45. The number of sulfonamides is 1. The summed E-state index contributed by atoms with van der Waals surface area (Å²) in [7, 11) is -3.75. The predicted molar refractivity (Wildman–Crippen MR) is 131 cm³/mol. The average Bonchev–Trinajstić information content (AvgIpc) is 2.78. The smallest absolute Gasteiger partial charge is 0.251 e. The molecule has 1 atom stereocenters. The molecule has 7 nitrogen and oxygen atoms in total. The summed E-state index contributed by atoms with van der Waals surface area (Å²) in [6.45, 7) is 5.20. The molecular formula is C26H28FN3O4S. The normalized spacial score (nSPS) is 12.7. The minimum atomic E-state index is -3.75. The molecular weight excluding hydrogens is 469 g/mol. The second-order valence-corrected chi connectivity index (χ2v) is 10.9. The van der Waals surface area contributed by atoms with E-state index >= 15 is 0 Å². The summed E-state index contributed by atoms with van der Waals surface area (Å²) in [5.41, 5.74) is 0.809. The molecule has 0 saturated carbocycles. The lowest BCUT2D eigenvalue weighted by molar-refractivity contribution is -0.120. The summed E-state index contributed by atoms with van der Waals surface area (Å²) in [6.07, 6.45) is 1.36. The fourth-order valence-electron chi connectivity index (χ4n) is 3.38. The van der Waals surface area contributed by atoms with E-state index in [-0.39, 0.29) is 29.1 Å². The first-order valence-corrected chi connectivity index (χ1v) is 12.5. The van der Waals surface area contributed by atoms with Crippen molar-refractivity contribution in [1.29, 1.82) is 0 Å². The van der Waals surface area contributed by atoms with Crippen molar-refractivity contribution in [2.24, 2.45) is 0 Å². The number of nitrogens with zero attached hydrogens (tertiary/aromatic N) is 1. The van der Waals surface area contributed by atoms with Gasteiger partial charge in [-0.25, -0.2) is 17.5 Å². The highest BCUT2D eigenvalue weighted by molar-refractivity contribution is 7.89. The molecule has 3 rings (SSSR count). The Balaban J connectivity index is 1.77. The number of amides is 1. The molecule has 0 saturated heterocycles. The van der Waals surface area contributed by atoms with Crippen molar-refractivity contribution in [3.8, 4) is 0 Å². The number of Topliss-reactive ketones (excluding diaryl/α,β-unsaturated/α-hetero) is 1. The molecule has 2 aromatic carbocycles. The van der Waals surface area contributed by atoms with Gasteiger partial charge in [0.1, 0.15) is 10.7 Å². The first-order valence-electron chi connectivity index (χ1n) is 11.0. The summed E-state index contributed by atoms with van der Waals surface area (Å²) in [5.74, 6) is -1.25. The molecule has 0 spiro atoms. The van der Waals surface area contributed by atoms with Crippen LogP contribution < -0.4 is 10.0 Å². The van der Waals surface area contributed by atoms with E-state index in [4.69, 9.17) is 0 Å². The summed E-state index contributed by atoms with van der Waals surface area (Å²) in [5, 5.41) is 2.74. The van der Waals surface area contributed by atoms with Crippen LogP contribution in [0.15, 0.2) is 77.8 Å². The Bertz CT molecular complexity index is 1270. The minimum Gasteiger partial charge on any atom is -0.342 e. The number of rotatable bonds is 9. The zero-order valence-electron chi connectivity index (χ0n) is 19.8. The van der Waals surface area contributed by atoms with Gasteiger partial charge in [-0.1, -0.05) is 30.3 Å². The van der Waals surface area contributed by atoms with Crippen LogP contribution in [0.1, 0.15) is 42.4 Å². The van der Waals surface area contributed by atoms with Gasteiger partial charge in [0.05, 0.1) is 12.5 Å². The number of carbonyl (C=O) groups is 2. The number of pyridine rings is 1. The van der Waals surface area contributed by atoms with Crippen molar-refractivity contribution in [2.45, 2.75) is 50.1 Å². The van der Waals surface area contributed by atoms with Crippen molar-refractivity contribution < 1.29 is 22.4 Å². The molecule has 0 aliphatic carbocycles. The number of hydrogen-bond acceptors (Lipinski definition) is 5. The zero-order chi connectivity index (χ0) is 25.6. The number of benzene rings is 2. The monoisotopic (exact) mass is 497 g/mol. The van der Waals surface area contributed by atoms with Crippen molar-refractivity contribution in [2.75, 3.05) is 0 Å². The van der Waals surface area contributed by atoms with Crippen molar-refractivity contribution >= 4 is 21.7 Å². The second kappa shape index (κ2) is 10.9. The molecule has 0 unspecified atom stereocenters. The van der Waals surface area contributed by atoms with Gasteiger partial charge in [-0.3, -0.25) is 14.6 Å². The molecule has 0 bridgehead atoms. The number of hydrogen-bond donors (Lipinski definition) is 2. The lowest BCUT2D eigenvalue weighted by Crippen LogP contribution is -2.43. The minimum absolute atomic E-state index is 0.00549. The molecule has 0 aliphatic rings. The van der Waals surface area contributed by atoms with Crippen LogP contribution in [0.5, 0.6) is 0 Å². The van der Waals surface area contributed by atoms with E-state index in [9.17, 15) is 22.4 Å². The van der Waals surface area contributed by atoms with Gasteiger partial charge >= 0.3 is 0 Å². The Kier molecular flexibility index (Phi) is 8.14. The number of ketones is 1. The molecule has 1 amide bonds. The molecule has 184 valence electrons. The molecule has 1 heterocycles. The van der Waals surface area contributed by atoms with Crippen LogP contribution in [-0.4, -0.2) is 36.7 Å².